The van der Waals surface area contributed by atoms with Gasteiger partial charge >= 0.3 is 0 Å². The summed E-state index contributed by atoms with van der Waals surface area (Å²) >= 11 is 0. The maximum absolute atomic E-state index is 3.60. The van der Waals surface area contributed by atoms with Crippen molar-refractivity contribution < 1.29 is 0 Å². The number of nitrogens with one attached hydrogen (secondary N) is 1. The van der Waals surface area contributed by atoms with Gasteiger partial charge in [0.25, 0.3) is 0 Å². The standard InChI is InChI=1S/C15H24N2/c1-14(13-17-10-6-3-7-11-17)16-12-15-8-4-2-5-9-15/h2,4-5,8-9,14,16H,3,6-7,10-13H2,1H3. The molecule has 94 valence electrons. The summed E-state index contributed by atoms with van der Waals surface area (Å²) in [6, 6.07) is 11.2. The third-order valence-corrected chi connectivity index (χ3v) is 3.48. The van der Waals surface area contributed by atoms with Crippen molar-refractivity contribution in [3.63, 3.8) is 0 Å². The Balaban J connectivity index is 1.68. The number of hydrogen-bond acceptors (Lipinski definition) is 2. The number of likely N-dealkylation sites (tertiary alicyclic amines) is 1. The third-order valence-electron chi connectivity index (χ3n) is 3.48. The molecule has 0 aliphatic carbocycles. The van der Waals surface area contributed by atoms with E-state index in [1.165, 1.54) is 44.5 Å². The van der Waals surface area contributed by atoms with Gasteiger partial charge in [0.15, 0.2) is 0 Å². The second kappa shape index (κ2) is 6.77. The molecule has 0 saturated carbocycles. The first-order chi connectivity index (χ1) is 8.34. The Morgan fingerprint density at radius 1 is 1.12 bits per heavy atom. The summed E-state index contributed by atoms with van der Waals surface area (Å²) in [6.07, 6.45) is 4.18. The molecular weight excluding hydrogens is 208 g/mol. The summed E-state index contributed by atoms with van der Waals surface area (Å²) in [5.41, 5.74) is 1.37. The van der Waals surface area contributed by atoms with Crippen molar-refractivity contribution in [1.82, 2.24) is 10.2 Å². The van der Waals surface area contributed by atoms with Crippen molar-refractivity contribution in [3.8, 4) is 0 Å². The van der Waals surface area contributed by atoms with E-state index in [1.54, 1.807) is 0 Å². The van der Waals surface area contributed by atoms with Crippen LogP contribution in [0.3, 0.4) is 0 Å². The number of hydrogen-bond donors (Lipinski definition) is 1. The van der Waals surface area contributed by atoms with Crippen LogP contribution in [0, 0.1) is 0 Å². The van der Waals surface area contributed by atoms with Crippen LogP contribution in [-0.4, -0.2) is 30.6 Å². The van der Waals surface area contributed by atoms with Gasteiger partial charge in [0.1, 0.15) is 0 Å². The SMILES string of the molecule is CC(CN1CCCCC1)NCc1ccccc1. The number of piperidine rings is 1. The van der Waals surface area contributed by atoms with Gasteiger partial charge in [-0.05, 0) is 38.4 Å². The fourth-order valence-electron chi connectivity index (χ4n) is 2.48. The summed E-state index contributed by atoms with van der Waals surface area (Å²) in [6.45, 7) is 7.04. The lowest BCUT2D eigenvalue weighted by molar-refractivity contribution is 0.209. The van der Waals surface area contributed by atoms with Gasteiger partial charge in [-0.2, -0.15) is 0 Å². The maximum atomic E-state index is 3.60. The molecule has 1 aromatic rings. The Kier molecular flexibility index (Phi) is 5.02. The van der Waals surface area contributed by atoms with E-state index in [0.717, 1.165) is 6.54 Å². The van der Waals surface area contributed by atoms with E-state index < -0.39 is 0 Å². The summed E-state index contributed by atoms with van der Waals surface area (Å²) in [7, 11) is 0. The lowest BCUT2D eigenvalue weighted by atomic mass is 10.1. The van der Waals surface area contributed by atoms with E-state index in [2.05, 4.69) is 47.5 Å². The van der Waals surface area contributed by atoms with Gasteiger partial charge in [-0.1, -0.05) is 36.8 Å². The summed E-state index contributed by atoms with van der Waals surface area (Å²) in [4.78, 5) is 2.59. The minimum Gasteiger partial charge on any atom is -0.309 e. The van der Waals surface area contributed by atoms with Crippen molar-refractivity contribution in [2.75, 3.05) is 19.6 Å². The van der Waals surface area contributed by atoms with Gasteiger partial charge in [0.2, 0.25) is 0 Å². The van der Waals surface area contributed by atoms with E-state index in [4.69, 9.17) is 0 Å². The average molecular weight is 232 g/mol. The Labute approximate surface area is 105 Å². The van der Waals surface area contributed by atoms with Crippen LogP contribution >= 0.6 is 0 Å². The highest BCUT2D eigenvalue weighted by Gasteiger charge is 2.12. The Morgan fingerprint density at radius 2 is 1.82 bits per heavy atom. The molecule has 1 N–H and O–H groups in total. The Morgan fingerprint density at radius 3 is 2.53 bits per heavy atom. The van der Waals surface area contributed by atoms with Crippen LogP contribution < -0.4 is 5.32 Å². The minimum atomic E-state index is 0.577. The monoisotopic (exact) mass is 232 g/mol. The quantitative estimate of drug-likeness (QED) is 0.839. The first-order valence-corrected chi connectivity index (χ1v) is 6.84. The topological polar surface area (TPSA) is 15.3 Å². The normalized spacial score (nSPS) is 19.1. The summed E-state index contributed by atoms with van der Waals surface area (Å²) in [5, 5.41) is 3.60. The molecule has 2 nitrogen and oxygen atoms in total. The van der Waals surface area contributed by atoms with Crippen molar-refractivity contribution in [3.05, 3.63) is 35.9 Å². The zero-order valence-corrected chi connectivity index (χ0v) is 10.9. The van der Waals surface area contributed by atoms with Crippen molar-refractivity contribution in [1.29, 1.82) is 0 Å². The van der Waals surface area contributed by atoms with Gasteiger partial charge in [-0.15, -0.1) is 0 Å². The van der Waals surface area contributed by atoms with Gasteiger partial charge in [-0.3, -0.25) is 0 Å². The van der Waals surface area contributed by atoms with Gasteiger partial charge < -0.3 is 10.2 Å². The van der Waals surface area contributed by atoms with Gasteiger partial charge in [0, 0.05) is 19.1 Å². The number of nitrogens with zero attached hydrogens (tertiary/aromatic N) is 1. The first-order valence-electron chi connectivity index (χ1n) is 6.84. The molecule has 1 aromatic carbocycles. The molecule has 17 heavy (non-hydrogen) atoms. The Bertz CT molecular complexity index is 304. The van der Waals surface area contributed by atoms with E-state index in [1.807, 2.05) is 0 Å². The first kappa shape index (κ1) is 12.6. The molecule has 1 aliphatic rings. The van der Waals surface area contributed by atoms with Gasteiger partial charge in [-0.25, -0.2) is 0 Å². The van der Waals surface area contributed by atoms with Crippen LogP contribution in [0.1, 0.15) is 31.7 Å². The largest absolute Gasteiger partial charge is 0.309 e. The summed E-state index contributed by atoms with van der Waals surface area (Å²) in [5.74, 6) is 0. The molecule has 0 aromatic heterocycles. The molecule has 0 spiro atoms. The molecule has 2 rings (SSSR count). The molecule has 1 atom stereocenters. The van der Waals surface area contributed by atoms with E-state index in [9.17, 15) is 0 Å². The maximum Gasteiger partial charge on any atom is 0.0208 e. The second-order valence-corrected chi connectivity index (χ2v) is 5.13. The van der Waals surface area contributed by atoms with Crippen molar-refractivity contribution in [2.24, 2.45) is 0 Å². The van der Waals surface area contributed by atoms with Crippen molar-refractivity contribution >= 4 is 0 Å². The van der Waals surface area contributed by atoms with Crippen LogP contribution in [0.2, 0.25) is 0 Å². The van der Waals surface area contributed by atoms with E-state index in [-0.39, 0.29) is 0 Å². The second-order valence-electron chi connectivity index (χ2n) is 5.13. The van der Waals surface area contributed by atoms with Crippen LogP contribution in [0.15, 0.2) is 30.3 Å². The smallest absolute Gasteiger partial charge is 0.0208 e. The zero-order valence-electron chi connectivity index (χ0n) is 10.9. The summed E-state index contributed by atoms with van der Waals surface area (Å²) < 4.78 is 0. The lowest BCUT2D eigenvalue weighted by Crippen LogP contribution is -2.41. The van der Waals surface area contributed by atoms with Crippen LogP contribution in [0.25, 0.3) is 0 Å². The number of rotatable bonds is 5. The van der Waals surface area contributed by atoms with Crippen molar-refractivity contribution in [2.45, 2.75) is 38.8 Å². The van der Waals surface area contributed by atoms with Crippen LogP contribution in [0.5, 0.6) is 0 Å². The molecule has 1 fully saturated rings. The fourth-order valence-corrected chi connectivity index (χ4v) is 2.48. The van der Waals surface area contributed by atoms with E-state index >= 15 is 0 Å². The lowest BCUT2D eigenvalue weighted by Gasteiger charge is -2.29. The zero-order chi connectivity index (χ0) is 11.9. The predicted molar refractivity (Wildman–Crippen MR) is 73.0 cm³/mol. The molecule has 1 heterocycles. The van der Waals surface area contributed by atoms with Crippen LogP contribution in [-0.2, 0) is 6.54 Å². The number of benzene rings is 1. The predicted octanol–water partition coefficient (Wildman–Crippen LogP) is 2.65. The molecule has 0 bridgehead atoms. The van der Waals surface area contributed by atoms with E-state index in [0.29, 0.717) is 6.04 Å². The minimum absolute atomic E-state index is 0.577. The molecule has 0 radical (unpaired) electrons. The molecule has 1 aliphatic heterocycles. The average Bonchev–Trinajstić information content (AvgIpc) is 2.39. The molecule has 2 heteroatoms. The molecule has 0 amide bonds. The highest BCUT2D eigenvalue weighted by molar-refractivity contribution is 5.14. The fraction of sp³-hybridized carbons (Fsp3) is 0.600. The van der Waals surface area contributed by atoms with Crippen LogP contribution in [0.4, 0.5) is 0 Å². The highest BCUT2D eigenvalue weighted by Crippen LogP contribution is 2.09. The third kappa shape index (κ3) is 4.49. The highest BCUT2D eigenvalue weighted by atomic mass is 15.1. The van der Waals surface area contributed by atoms with Gasteiger partial charge in [0.05, 0.1) is 0 Å². The molecule has 1 saturated heterocycles. The Hall–Kier alpha value is -0.860. The molecular formula is C15H24N2. The molecule has 1 unspecified atom stereocenters.